The first kappa shape index (κ1) is 22.6. The van der Waals surface area contributed by atoms with Crippen molar-refractivity contribution in [3.8, 4) is 0 Å². The van der Waals surface area contributed by atoms with Crippen LogP contribution in [0.5, 0.6) is 0 Å². The highest BCUT2D eigenvalue weighted by molar-refractivity contribution is 6.46. The molecule has 4 rings (SSSR count). The molecule has 33 heavy (non-hydrogen) atoms. The Bertz CT molecular complexity index is 1090. The van der Waals surface area contributed by atoms with Crippen molar-refractivity contribution in [1.82, 2.24) is 9.80 Å². The number of nitro benzene ring substituents is 1. The molecule has 0 saturated carbocycles. The first-order valence-corrected chi connectivity index (χ1v) is 10.5. The van der Waals surface area contributed by atoms with Gasteiger partial charge < -0.3 is 14.7 Å². The zero-order valence-corrected chi connectivity index (χ0v) is 17.6. The highest BCUT2D eigenvalue weighted by Crippen LogP contribution is 2.39. The quantitative estimate of drug-likeness (QED) is 0.234. The molecule has 1 amide bonds. The molecule has 0 aromatic heterocycles. The van der Waals surface area contributed by atoms with E-state index in [1.165, 1.54) is 41.3 Å². The van der Waals surface area contributed by atoms with Crippen LogP contribution >= 0.6 is 0 Å². The molecule has 0 spiro atoms. The predicted molar refractivity (Wildman–Crippen MR) is 116 cm³/mol. The maximum atomic E-state index is 13.4. The second-order valence-electron chi connectivity index (χ2n) is 7.80. The molecule has 9 nitrogen and oxygen atoms in total. The third kappa shape index (κ3) is 4.62. The number of morpholine rings is 1. The number of carbonyl (C=O) groups is 2. The summed E-state index contributed by atoms with van der Waals surface area (Å²) in [5.74, 6) is -2.56. The third-order valence-corrected chi connectivity index (χ3v) is 5.84. The molecular weight excluding hydrogens is 433 g/mol. The van der Waals surface area contributed by atoms with Crippen LogP contribution in [0.4, 0.5) is 10.1 Å². The van der Waals surface area contributed by atoms with E-state index >= 15 is 0 Å². The summed E-state index contributed by atoms with van der Waals surface area (Å²) in [5, 5.41) is 22.0. The number of benzene rings is 2. The van der Waals surface area contributed by atoms with Gasteiger partial charge in [0.2, 0.25) is 0 Å². The van der Waals surface area contributed by atoms with Gasteiger partial charge in [-0.3, -0.25) is 24.6 Å². The second-order valence-corrected chi connectivity index (χ2v) is 7.80. The summed E-state index contributed by atoms with van der Waals surface area (Å²) in [5.41, 5.74) is 0.366. The maximum absolute atomic E-state index is 13.4. The van der Waals surface area contributed by atoms with Crippen molar-refractivity contribution in [2.24, 2.45) is 0 Å². The van der Waals surface area contributed by atoms with E-state index < -0.39 is 34.2 Å². The molecule has 2 aliphatic heterocycles. The molecule has 1 atom stereocenters. The molecule has 2 fully saturated rings. The van der Waals surface area contributed by atoms with Gasteiger partial charge in [-0.15, -0.1) is 0 Å². The number of likely N-dealkylation sites (tertiary alicyclic amines) is 1. The minimum absolute atomic E-state index is 0.137. The number of Topliss-reactive ketones (excluding diaryl/α,β-unsaturated/α-hetero) is 1. The number of aliphatic hydroxyl groups is 1. The Kier molecular flexibility index (Phi) is 6.47. The number of ether oxygens (including phenoxy) is 1. The highest BCUT2D eigenvalue weighted by Gasteiger charge is 2.46. The molecule has 1 N–H and O–H groups in total. The highest BCUT2D eigenvalue weighted by atomic mass is 19.1. The molecular formula is C23H22FN3O6. The van der Waals surface area contributed by atoms with Crippen LogP contribution in [0.2, 0.25) is 0 Å². The predicted octanol–water partition coefficient (Wildman–Crippen LogP) is 2.49. The molecule has 2 saturated heterocycles. The third-order valence-electron chi connectivity index (χ3n) is 5.84. The summed E-state index contributed by atoms with van der Waals surface area (Å²) >= 11 is 0. The smallest absolute Gasteiger partial charge is 0.295 e. The lowest BCUT2D eigenvalue weighted by Crippen LogP contribution is -2.42. The van der Waals surface area contributed by atoms with E-state index in [1.807, 2.05) is 0 Å². The minimum atomic E-state index is -0.933. The Labute approximate surface area is 188 Å². The van der Waals surface area contributed by atoms with Gasteiger partial charge in [0.25, 0.3) is 17.4 Å². The van der Waals surface area contributed by atoms with Crippen LogP contribution in [0.3, 0.4) is 0 Å². The average molecular weight is 455 g/mol. The van der Waals surface area contributed by atoms with Gasteiger partial charge in [-0.05, 0) is 42.0 Å². The number of nitro groups is 1. The van der Waals surface area contributed by atoms with E-state index in [2.05, 4.69) is 4.90 Å². The normalized spacial score (nSPS) is 20.9. The molecule has 2 heterocycles. The van der Waals surface area contributed by atoms with Crippen LogP contribution in [0.25, 0.3) is 5.76 Å². The number of ketones is 1. The summed E-state index contributed by atoms with van der Waals surface area (Å²) in [7, 11) is 0. The molecule has 10 heteroatoms. The summed E-state index contributed by atoms with van der Waals surface area (Å²) in [6.45, 7) is 3.26. The van der Waals surface area contributed by atoms with Gasteiger partial charge in [0.05, 0.1) is 29.8 Å². The van der Waals surface area contributed by atoms with E-state index in [-0.39, 0.29) is 23.4 Å². The fourth-order valence-electron chi connectivity index (χ4n) is 4.07. The molecule has 0 radical (unpaired) electrons. The zero-order valence-electron chi connectivity index (χ0n) is 17.6. The van der Waals surface area contributed by atoms with Crippen molar-refractivity contribution >= 4 is 23.1 Å². The standard InChI is InChI=1S/C23H22FN3O6/c24-17-5-1-16(2-6-17)21(28)19-20(15-3-7-18(8-4-15)27(31)32)26(23(30)22(19)29)10-9-25-11-13-33-14-12-25/h1-8,20,28H,9-14H2/b21-19+/t20-/m1/s1. The molecule has 2 aromatic carbocycles. The Morgan fingerprint density at radius 1 is 1.06 bits per heavy atom. The van der Waals surface area contributed by atoms with Crippen molar-refractivity contribution in [2.45, 2.75) is 6.04 Å². The van der Waals surface area contributed by atoms with E-state index in [4.69, 9.17) is 4.74 Å². The summed E-state index contributed by atoms with van der Waals surface area (Å²) < 4.78 is 18.7. The number of nitrogens with zero attached hydrogens (tertiary/aromatic N) is 3. The molecule has 0 unspecified atom stereocenters. The SMILES string of the molecule is O=C1C(=O)N(CCN2CCOCC2)[C@H](c2ccc([N+](=O)[O-])cc2)/C1=C(\O)c1ccc(F)cc1. The summed E-state index contributed by atoms with van der Waals surface area (Å²) in [4.78, 5) is 39.9. The van der Waals surface area contributed by atoms with E-state index in [9.17, 15) is 29.2 Å². The second kappa shape index (κ2) is 9.47. The van der Waals surface area contributed by atoms with E-state index in [0.717, 1.165) is 12.1 Å². The Balaban J connectivity index is 1.74. The van der Waals surface area contributed by atoms with Gasteiger partial charge in [0.15, 0.2) is 0 Å². The fourth-order valence-corrected chi connectivity index (χ4v) is 4.07. The molecule has 2 aliphatic rings. The number of non-ortho nitro benzene ring substituents is 1. The fraction of sp³-hybridized carbons (Fsp3) is 0.304. The van der Waals surface area contributed by atoms with Gasteiger partial charge in [-0.1, -0.05) is 0 Å². The lowest BCUT2D eigenvalue weighted by molar-refractivity contribution is -0.384. The average Bonchev–Trinajstić information content (AvgIpc) is 3.08. The number of halogens is 1. The van der Waals surface area contributed by atoms with Crippen LogP contribution in [0, 0.1) is 15.9 Å². The number of hydrogen-bond donors (Lipinski definition) is 1. The Morgan fingerprint density at radius 3 is 2.30 bits per heavy atom. The molecule has 0 aliphatic carbocycles. The van der Waals surface area contributed by atoms with Crippen molar-refractivity contribution < 1.29 is 28.7 Å². The Morgan fingerprint density at radius 2 is 1.70 bits per heavy atom. The monoisotopic (exact) mass is 455 g/mol. The summed E-state index contributed by atoms with van der Waals surface area (Å²) in [6.07, 6.45) is 0. The topological polar surface area (TPSA) is 113 Å². The molecule has 2 aromatic rings. The van der Waals surface area contributed by atoms with Crippen LogP contribution in [0.15, 0.2) is 54.1 Å². The number of amides is 1. The van der Waals surface area contributed by atoms with Gasteiger partial charge in [-0.25, -0.2) is 4.39 Å². The molecule has 0 bridgehead atoms. The Hall–Kier alpha value is -3.63. The van der Waals surface area contributed by atoms with Crippen LogP contribution in [-0.2, 0) is 14.3 Å². The van der Waals surface area contributed by atoms with E-state index in [0.29, 0.717) is 38.4 Å². The zero-order chi connectivity index (χ0) is 23.5. The molecule has 172 valence electrons. The van der Waals surface area contributed by atoms with Crippen LogP contribution < -0.4 is 0 Å². The van der Waals surface area contributed by atoms with Crippen molar-refractivity contribution in [3.05, 3.63) is 81.2 Å². The maximum Gasteiger partial charge on any atom is 0.295 e. The first-order chi connectivity index (χ1) is 15.9. The minimum Gasteiger partial charge on any atom is -0.507 e. The van der Waals surface area contributed by atoms with Gasteiger partial charge in [0.1, 0.15) is 11.6 Å². The van der Waals surface area contributed by atoms with Gasteiger partial charge >= 0.3 is 0 Å². The van der Waals surface area contributed by atoms with Crippen LogP contribution in [0.1, 0.15) is 17.2 Å². The first-order valence-electron chi connectivity index (χ1n) is 10.5. The van der Waals surface area contributed by atoms with Crippen molar-refractivity contribution in [1.29, 1.82) is 0 Å². The number of rotatable bonds is 6. The number of aliphatic hydroxyl groups excluding tert-OH is 1. The van der Waals surface area contributed by atoms with Gasteiger partial charge in [0, 0.05) is 43.9 Å². The summed E-state index contributed by atoms with van der Waals surface area (Å²) in [6, 6.07) is 9.50. The largest absolute Gasteiger partial charge is 0.507 e. The lowest BCUT2D eigenvalue weighted by Gasteiger charge is -2.31. The van der Waals surface area contributed by atoms with Crippen molar-refractivity contribution in [2.75, 3.05) is 39.4 Å². The van der Waals surface area contributed by atoms with Crippen molar-refractivity contribution in [3.63, 3.8) is 0 Å². The number of hydrogen-bond acceptors (Lipinski definition) is 7. The van der Waals surface area contributed by atoms with E-state index in [1.54, 1.807) is 0 Å². The van der Waals surface area contributed by atoms with Gasteiger partial charge in [-0.2, -0.15) is 0 Å². The number of carbonyl (C=O) groups excluding carboxylic acids is 2. The van der Waals surface area contributed by atoms with Crippen LogP contribution in [-0.4, -0.2) is 70.9 Å². The lowest BCUT2D eigenvalue weighted by atomic mass is 9.95.